The Kier molecular flexibility index (Phi) is 2.70. The Morgan fingerprint density at radius 2 is 2.33 bits per heavy atom. The van der Waals surface area contributed by atoms with Gasteiger partial charge in [0.15, 0.2) is 12.4 Å². The molecule has 0 aliphatic heterocycles. The zero-order valence-electron chi connectivity index (χ0n) is 8.90. The number of aromatic nitrogens is 2. The maximum absolute atomic E-state index is 10.6. The van der Waals surface area contributed by atoms with Crippen LogP contribution in [0, 0.1) is 5.92 Å². The number of ether oxygens (including phenoxy) is 1. The minimum atomic E-state index is -0.341. The molecule has 1 saturated carbocycles. The van der Waals surface area contributed by atoms with Gasteiger partial charge in [0, 0.05) is 12.8 Å². The Labute approximate surface area is 87.8 Å². The van der Waals surface area contributed by atoms with Crippen molar-refractivity contribution in [3.63, 3.8) is 0 Å². The van der Waals surface area contributed by atoms with Crippen LogP contribution < -0.4 is 0 Å². The monoisotopic (exact) mass is 210 g/mol. The van der Waals surface area contributed by atoms with Crippen LogP contribution >= 0.6 is 0 Å². The fourth-order valence-electron chi connectivity index (χ4n) is 1.77. The normalized spacial score (nSPS) is 24.7. The van der Waals surface area contributed by atoms with E-state index in [-0.39, 0.29) is 12.6 Å². The minimum absolute atomic E-state index is 0.0740. The van der Waals surface area contributed by atoms with Crippen molar-refractivity contribution >= 4 is 5.97 Å². The smallest absolute Gasteiger partial charge is 0.303 e. The van der Waals surface area contributed by atoms with Crippen LogP contribution in [0.15, 0.2) is 4.52 Å². The first kappa shape index (κ1) is 10.1. The predicted molar refractivity (Wildman–Crippen MR) is 50.9 cm³/mol. The molecule has 5 heteroatoms. The molecule has 0 radical (unpaired) electrons. The zero-order valence-corrected chi connectivity index (χ0v) is 8.90. The summed E-state index contributed by atoms with van der Waals surface area (Å²) >= 11 is 0. The van der Waals surface area contributed by atoms with Crippen LogP contribution in [0.5, 0.6) is 0 Å². The lowest BCUT2D eigenvalue weighted by atomic mass is 9.76. The van der Waals surface area contributed by atoms with E-state index >= 15 is 0 Å². The minimum Gasteiger partial charge on any atom is -0.456 e. The molecule has 5 nitrogen and oxygen atoms in total. The van der Waals surface area contributed by atoms with E-state index in [1.807, 2.05) is 0 Å². The van der Waals surface area contributed by atoms with E-state index in [4.69, 9.17) is 9.26 Å². The Morgan fingerprint density at radius 3 is 2.93 bits per heavy atom. The van der Waals surface area contributed by atoms with Crippen LogP contribution in [0.4, 0.5) is 0 Å². The summed E-state index contributed by atoms with van der Waals surface area (Å²) in [6, 6.07) is 0. The molecule has 0 bridgehead atoms. The quantitative estimate of drug-likeness (QED) is 0.709. The molecule has 0 spiro atoms. The molecule has 0 aromatic carbocycles. The highest BCUT2D eigenvalue weighted by molar-refractivity contribution is 5.65. The van der Waals surface area contributed by atoms with Crippen molar-refractivity contribution in [2.75, 3.05) is 0 Å². The molecular weight excluding hydrogens is 196 g/mol. The van der Waals surface area contributed by atoms with Gasteiger partial charge in [-0.25, -0.2) is 0 Å². The summed E-state index contributed by atoms with van der Waals surface area (Å²) in [5.74, 6) is 1.96. The summed E-state index contributed by atoms with van der Waals surface area (Å²) in [5, 5.41) is 3.87. The van der Waals surface area contributed by atoms with Crippen molar-refractivity contribution in [3.05, 3.63) is 11.7 Å². The number of carbonyl (C=O) groups is 1. The molecular formula is C10H14N2O3. The molecule has 15 heavy (non-hydrogen) atoms. The van der Waals surface area contributed by atoms with E-state index in [1.165, 1.54) is 6.92 Å². The number of nitrogens with zero attached hydrogens (tertiary/aromatic N) is 2. The van der Waals surface area contributed by atoms with Gasteiger partial charge in [-0.3, -0.25) is 4.79 Å². The number of esters is 1. The number of rotatable bonds is 3. The lowest BCUT2D eigenvalue weighted by Crippen LogP contribution is -2.20. The molecule has 0 atom stereocenters. The first-order valence-electron chi connectivity index (χ1n) is 5.11. The number of hydrogen-bond acceptors (Lipinski definition) is 5. The Morgan fingerprint density at radius 1 is 1.60 bits per heavy atom. The second kappa shape index (κ2) is 4.00. The zero-order chi connectivity index (χ0) is 10.8. The van der Waals surface area contributed by atoms with Gasteiger partial charge in [0.05, 0.1) is 0 Å². The van der Waals surface area contributed by atoms with Crippen LogP contribution in [0.2, 0.25) is 0 Å². The molecule has 0 N–H and O–H groups in total. The molecule has 0 saturated heterocycles. The first-order chi connectivity index (χ1) is 7.15. The summed E-state index contributed by atoms with van der Waals surface area (Å²) in [4.78, 5) is 14.7. The predicted octanol–water partition coefficient (Wildman–Crippen LogP) is 1.65. The highest BCUT2D eigenvalue weighted by Gasteiger charge is 2.30. The molecule has 0 unspecified atom stereocenters. The van der Waals surface area contributed by atoms with Crippen LogP contribution in [-0.4, -0.2) is 16.1 Å². The summed E-state index contributed by atoms with van der Waals surface area (Å²) in [5.41, 5.74) is 0. The van der Waals surface area contributed by atoms with Gasteiger partial charge in [0.1, 0.15) is 0 Å². The molecule has 1 fully saturated rings. The van der Waals surface area contributed by atoms with E-state index in [9.17, 15) is 4.79 Å². The number of hydrogen-bond donors (Lipinski definition) is 0. The Hall–Kier alpha value is -1.39. The third-order valence-electron chi connectivity index (χ3n) is 2.62. The van der Waals surface area contributed by atoms with Gasteiger partial charge >= 0.3 is 5.97 Å². The van der Waals surface area contributed by atoms with E-state index in [2.05, 4.69) is 17.1 Å². The Balaban J connectivity index is 1.89. The summed E-state index contributed by atoms with van der Waals surface area (Å²) < 4.78 is 9.73. The molecule has 1 aromatic heterocycles. The van der Waals surface area contributed by atoms with Crippen molar-refractivity contribution in [2.45, 2.75) is 39.2 Å². The van der Waals surface area contributed by atoms with Gasteiger partial charge in [-0.2, -0.15) is 4.98 Å². The van der Waals surface area contributed by atoms with Gasteiger partial charge < -0.3 is 9.26 Å². The van der Waals surface area contributed by atoms with E-state index < -0.39 is 0 Å². The van der Waals surface area contributed by atoms with Crippen LogP contribution in [0.3, 0.4) is 0 Å². The standard InChI is InChI=1S/C10H14N2O3/c1-6-3-8(4-6)10-11-9(15-12-10)5-14-7(2)13/h6,8H,3-5H2,1-2H3. The highest BCUT2D eigenvalue weighted by atomic mass is 16.6. The second-order valence-electron chi connectivity index (χ2n) is 4.10. The third-order valence-corrected chi connectivity index (χ3v) is 2.62. The van der Waals surface area contributed by atoms with Gasteiger partial charge in [-0.05, 0) is 18.8 Å². The lowest BCUT2D eigenvalue weighted by molar-refractivity contribution is -0.143. The van der Waals surface area contributed by atoms with Gasteiger partial charge in [-0.15, -0.1) is 0 Å². The average molecular weight is 210 g/mol. The molecule has 2 rings (SSSR count). The van der Waals surface area contributed by atoms with Crippen molar-refractivity contribution in [1.82, 2.24) is 10.1 Å². The van der Waals surface area contributed by atoms with Gasteiger partial charge in [0.25, 0.3) is 5.89 Å². The molecule has 1 aliphatic rings. The molecule has 1 heterocycles. The first-order valence-corrected chi connectivity index (χ1v) is 5.11. The van der Waals surface area contributed by atoms with Crippen molar-refractivity contribution in [2.24, 2.45) is 5.92 Å². The number of carbonyl (C=O) groups excluding carboxylic acids is 1. The molecule has 0 amide bonds. The maximum atomic E-state index is 10.6. The van der Waals surface area contributed by atoms with Crippen LogP contribution in [-0.2, 0) is 16.1 Å². The maximum Gasteiger partial charge on any atom is 0.303 e. The van der Waals surface area contributed by atoms with Crippen molar-refractivity contribution < 1.29 is 14.1 Å². The van der Waals surface area contributed by atoms with Crippen molar-refractivity contribution in [1.29, 1.82) is 0 Å². The molecule has 1 aromatic rings. The van der Waals surface area contributed by atoms with E-state index in [0.29, 0.717) is 11.8 Å². The SMILES string of the molecule is CC(=O)OCc1nc(C2CC(C)C2)no1. The third kappa shape index (κ3) is 2.34. The average Bonchev–Trinajstić information content (AvgIpc) is 2.57. The van der Waals surface area contributed by atoms with Crippen LogP contribution in [0.1, 0.15) is 44.3 Å². The van der Waals surface area contributed by atoms with Crippen LogP contribution in [0.25, 0.3) is 0 Å². The Bertz CT molecular complexity index is 355. The largest absolute Gasteiger partial charge is 0.456 e. The molecule has 1 aliphatic carbocycles. The summed E-state index contributed by atoms with van der Waals surface area (Å²) in [7, 11) is 0. The lowest BCUT2D eigenvalue weighted by Gasteiger charge is -2.29. The second-order valence-corrected chi connectivity index (χ2v) is 4.10. The van der Waals surface area contributed by atoms with E-state index in [1.54, 1.807) is 0 Å². The molecule has 82 valence electrons. The fraction of sp³-hybridized carbons (Fsp3) is 0.700. The van der Waals surface area contributed by atoms with E-state index in [0.717, 1.165) is 24.6 Å². The highest BCUT2D eigenvalue weighted by Crippen LogP contribution is 2.39. The fourth-order valence-corrected chi connectivity index (χ4v) is 1.77. The topological polar surface area (TPSA) is 65.2 Å². The van der Waals surface area contributed by atoms with Gasteiger partial charge in [-0.1, -0.05) is 12.1 Å². The summed E-state index contributed by atoms with van der Waals surface area (Å²) in [6.07, 6.45) is 2.24. The summed E-state index contributed by atoms with van der Waals surface area (Å²) in [6.45, 7) is 3.63. The van der Waals surface area contributed by atoms with Gasteiger partial charge in [0.2, 0.25) is 0 Å². The van der Waals surface area contributed by atoms with Crippen molar-refractivity contribution in [3.8, 4) is 0 Å².